The van der Waals surface area contributed by atoms with Crippen molar-refractivity contribution in [1.82, 2.24) is 14.5 Å². The number of ether oxygens (including phenoxy) is 2. The minimum atomic E-state index is -0.872. The van der Waals surface area contributed by atoms with Crippen LogP contribution in [0.15, 0.2) is 47.5 Å². The number of nitrogens with zero attached hydrogens (tertiary/aromatic N) is 3. The Hall–Kier alpha value is -2.55. The van der Waals surface area contributed by atoms with Crippen LogP contribution in [0.2, 0.25) is 0 Å². The summed E-state index contributed by atoms with van der Waals surface area (Å²) in [4.78, 5) is 20.2. The second kappa shape index (κ2) is 11.7. The molecule has 0 radical (unpaired) electrons. The van der Waals surface area contributed by atoms with E-state index in [1.54, 1.807) is 4.90 Å². The van der Waals surface area contributed by atoms with E-state index in [0.29, 0.717) is 26.1 Å². The van der Waals surface area contributed by atoms with E-state index >= 15 is 0 Å². The molecule has 0 aliphatic carbocycles. The van der Waals surface area contributed by atoms with Gasteiger partial charge in [0, 0.05) is 45.4 Å². The van der Waals surface area contributed by atoms with Gasteiger partial charge in [-0.15, -0.1) is 11.8 Å². The number of hydrogen-bond donors (Lipinski definition) is 1. The van der Waals surface area contributed by atoms with Gasteiger partial charge >= 0.3 is 6.09 Å². The summed E-state index contributed by atoms with van der Waals surface area (Å²) in [5, 5.41) is 12.1. The lowest BCUT2D eigenvalue weighted by Gasteiger charge is -2.28. The predicted octanol–water partition coefficient (Wildman–Crippen LogP) is 7.16. The molecule has 218 valence electrons. The van der Waals surface area contributed by atoms with Crippen molar-refractivity contribution in [1.29, 1.82) is 0 Å². The van der Waals surface area contributed by atoms with Crippen molar-refractivity contribution in [2.75, 3.05) is 6.54 Å². The van der Waals surface area contributed by atoms with E-state index in [4.69, 9.17) is 9.47 Å². The first-order chi connectivity index (χ1) is 18.6. The van der Waals surface area contributed by atoms with Crippen molar-refractivity contribution in [3.8, 4) is 0 Å². The average molecular weight is 568 g/mol. The molecular formula is C32H45N3O4S. The van der Waals surface area contributed by atoms with Crippen LogP contribution in [0.4, 0.5) is 4.79 Å². The number of aromatic nitrogens is 2. The van der Waals surface area contributed by atoms with Gasteiger partial charge in [-0.2, -0.15) is 0 Å². The third-order valence-electron chi connectivity index (χ3n) is 6.51. The normalized spacial score (nSPS) is 16.6. The van der Waals surface area contributed by atoms with E-state index < -0.39 is 11.2 Å². The molecule has 40 heavy (non-hydrogen) atoms. The SMILES string of the molecule is CC(C)(O)Cc1c(SC(C)(C)C)c2cc(CO[C@@H]3CCCN3C(=O)OC(C)(C)C)ccc2n1Cc1ccccn1. The number of carbonyl (C=O) groups is 1. The first-order valence-corrected chi connectivity index (χ1v) is 15.0. The van der Waals surface area contributed by atoms with Crippen LogP contribution in [0.25, 0.3) is 10.9 Å². The van der Waals surface area contributed by atoms with Gasteiger partial charge in [0.15, 0.2) is 0 Å². The van der Waals surface area contributed by atoms with Crippen LogP contribution in [0.3, 0.4) is 0 Å². The van der Waals surface area contributed by atoms with Gasteiger partial charge in [-0.25, -0.2) is 4.79 Å². The summed E-state index contributed by atoms with van der Waals surface area (Å²) < 4.78 is 14.2. The minimum absolute atomic E-state index is 0.0251. The third-order valence-corrected chi connectivity index (χ3v) is 7.78. The highest BCUT2D eigenvalue weighted by Crippen LogP contribution is 2.42. The molecule has 1 atom stereocenters. The molecule has 3 heterocycles. The maximum Gasteiger partial charge on any atom is 0.412 e. The van der Waals surface area contributed by atoms with Crippen LogP contribution in [0.5, 0.6) is 0 Å². The zero-order chi connectivity index (χ0) is 29.3. The quantitative estimate of drug-likeness (QED) is 0.291. The number of carbonyl (C=O) groups excluding carboxylic acids is 1. The van der Waals surface area contributed by atoms with Crippen molar-refractivity contribution in [3.05, 3.63) is 59.5 Å². The number of fused-ring (bicyclic) bond motifs is 1. The van der Waals surface area contributed by atoms with Crippen LogP contribution < -0.4 is 0 Å². The Morgan fingerprint density at radius 3 is 2.48 bits per heavy atom. The molecule has 1 saturated heterocycles. The Morgan fingerprint density at radius 1 is 1.10 bits per heavy atom. The maximum atomic E-state index is 12.7. The fourth-order valence-electron chi connectivity index (χ4n) is 4.98. The van der Waals surface area contributed by atoms with Gasteiger partial charge in [0.25, 0.3) is 0 Å². The smallest absolute Gasteiger partial charge is 0.412 e. The number of aliphatic hydroxyl groups is 1. The summed E-state index contributed by atoms with van der Waals surface area (Å²) in [5.41, 5.74) is 2.82. The maximum absolute atomic E-state index is 12.7. The number of pyridine rings is 1. The van der Waals surface area contributed by atoms with E-state index in [0.717, 1.165) is 40.7 Å². The molecule has 0 spiro atoms. The van der Waals surface area contributed by atoms with Gasteiger partial charge in [-0.3, -0.25) is 9.88 Å². The van der Waals surface area contributed by atoms with Gasteiger partial charge in [0.2, 0.25) is 0 Å². The van der Waals surface area contributed by atoms with Crippen molar-refractivity contribution in [2.45, 2.75) is 115 Å². The molecule has 4 rings (SSSR count). The highest BCUT2D eigenvalue weighted by Gasteiger charge is 2.33. The standard InChI is InChI=1S/C32H45N3O4S/c1-30(2,3)39-29(36)34-17-11-13-27(34)38-21-22-14-15-25-24(18-22)28(40-31(4,5)6)26(19-32(7,8)37)35(25)20-23-12-9-10-16-33-23/h9-10,12,14-16,18,27,37H,11,13,17,19-21H2,1-8H3/t27-/m1/s1. The van der Waals surface area contributed by atoms with E-state index in [-0.39, 0.29) is 17.1 Å². The van der Waals surface area contributed by atoms with Crippen molar-refractivity contribution in [3.63, 3.8) is 0 Å². The average Bonchev–Trinajstić information content (AvgIpc) is 3.40. The summed E-state index contributed by atoms with van der Waals surface area (Å²) in [6.45, 7) is 17.7. The second-order valence-electron chi connectivity index (χ2n) is 13.3. The number of thioether (sulfide) groups is 1. The summed E-state index contributed by atoms with van der Waals surface area (Å²) >= 11 is 1.83. The molecule has 0 bridgehead atoms. The summed E-state index contributed by atoms with van der Waals surface area (Å²) in [6.07, 6.45) is 3.41. The molecule has 8 heteroatoms. The van der Waals surface area contributed by atoms with Crippen LogP contribution >= 0.6 is 11.8 Å². The number of amides is 1. The number of likely N-dealkylation sites (tertiary alicyclic amines) is 1. The molecule has 1 N–H and O–H groups in total. The Morgan fingerprint density at radius 2 is 1.85 bits per heavy atom. The van der Waals surface area contributed by atoms with Crippen molar-refractivity contribution < 1.29 is 19.4 Å². The number of hydrogen-bond acceptors (Lipinski definition) is 6. The van der Waals surface area contributed by atoms with Crippen molar-refractivity contribution in [2.24, 2.45) is 0 Å². The molecule has 1 aromatic carbocycles. The zero-order valence-corrected chi connectivity index (χ0v) is 26.1. The van der Waals surface area contributed by atoms with E-state index in [1.165, 1.54) is 4.90 Å². The minimum Gasteiger partial charge on any atom is -0.444 e. The first kappa shape index (κ1) is 30.4. The molecule has 1 fully saturated rings. The monoisotopic (exact) mass is 567 g/mol. The molecule has 1 aliphatic heterocycles. The number of benzene rings is 1. The Balaban J connectivity index is 1.69. The topological polar surface area (TPSA) is 76.8 Å². The van der Waals surface area contributed by atoms with Crippen LogP contribution in [-0.4, -0.2) is 54.4 Å². The molecule has 2 aromatic heterocycles. The van der Waals surface area contributed by atoms with E-state index in [2.05, 4.69) is 48.5 Å². The van der Waals surface area contributed by atoms with Gasteiger partial charge in [0.1, 0.15) is 11.8 Å². The lowest BCUT2D eigenvalue weighted by atomic mass is 10.0. The van der Waals surface area contributed by atoms with E-state index in [1.807, 2.05) is 70.8 Å². The van der Waals surface area contributed by atoms with E-state index in [9.17, 15) is 9.90 Å². The van der Waals surface area contributed by atoms with Crippen molar-refractivity contribution >= 4 is 28.8 Å². The fourth-order valence-corrected chi connectivity index (χ4v) is 6.17. The fraction of sp³-hybridized carbons (Fsp3) is 0.562. The molecule has 1 aliphatic rings. The molecule has 3 aromatic rings. The van der Waals surface area contributed by atoms with Crippen LogP contribution in [0, 0.1) is 0 Å². The Kier molecular flexibility index (Phi) is 8.93. The summed E-state index contributed by atoms with van der Waals surface area (Å²) in [6, 6.07) is 12.4. The van der Waals surface area contributed by atoms with Gasteiger partial charge < -0.3 is 19.1 Å². The van der Waals surface area contributed by atoms with Gasteiger partial charge in [-0.1, -0.05) is 32.9 Å². The Labute approximate surface area is 243 Å². The second-order valence-corrected chi connectivity index (χ2v) is 15.2. The third kappa shape index (κ3) is 8.02. The lowest BCUT2D eigenvalue weighted by Crippen LogP contribution is -2.40. The molecule has 0 unspecified atom stereocenters. The lowest BCUT2D eigenvalue weighted by molar-refractivity contribution is -0.0556. The van der Waals surface area contributed by atoms with Crippen LogP contribution in [0.1, 0.15) is 85.2 Å². The first-order valence-electron chi connectivity index (χ1n) is 14.2. The largest absolute Gasteiger partial charge is 0.444 e. The summed E-state index contributed by atoms with van der Waals surface area (Å²) in [7, 11) is 0. The molecular weight excluding hydrogens is 522 g/mol. The highest BCUT2D eigenvalue weighted by molar-refractivity contribution is 8.00. The highest BCUT2D eigenvalue weighted by atomic mass is 32.2. The molecule has 7 nitrogen and oxygen atoms in total. The van der Waals surface area contributed by atoms with Gasteiger partial charge in [-0.05, 0) is 77.3 Å². The molecule has 0 saturated carbocycles. The predicted molar refractivity (Wildman–Crippen MR) is 162 cm³/mol. The zero-order valence-electron chi connectivity index (χ0n) is 25.3. The number of rotatable bonds is 8. The Bertz CT molecular complexity index is 1320. The van der Waals surface area contributed by atoms with Crippen LogP contribution in [-0.2, 0) is 29.0 Å². The summed E-state index contributed by atoms with van der Waals surface area (Å²) in [5.74, 6) is 0. The van der Waals surface area contributed by atoms with Gasteiger partial charge in [0.05, 0.1) is 24.4 Å². The molecule has 1 amide bonds.